The van der Waals surface area contributed by atoms with E-state index in [1.54, 1.807) is 7.11 Å². The standard InChI is InChI=1S/C21H18NO6/c1-24-21-18-11(4-17-20(21)28-10-26-17)2-3-22-7-12-5-16-19(27-9-25-16)14(8-23)13(12)6-15(18)22/h4-7,23H,2-3,8-10H2,1H3/q+1. The minimum Gasteiger partial charge on any atom is -0.492 e. The summed E-state index contributed by atoms with van der Waals surface area (Å²) < 4.78 is 30.3. The molecular formula is C21H18NO6+. The summed E-state index contributed by atoms with van der Waals surface area (Å²) in [6.07, 6.45) is 2.96. The molecule has 1 N–H and O–H groups in total. The first-order valence-electron chi connectivity index (χ1n) is 9.18. The van der Waals surface area contributed by atoms with Crippen LogP contribution in [0, 0.1) is 0 Å². The highest BCUT2D eigenvalue weighted by molar-refractivity contribution is 5.92. The molecule has 0 spiro atoms. The summed E-state index contributed by atoms with van der Waals surface area (Å²) in [5.74, 6) is 3.35. The van der Waals surface area contributed by atoms with E-state index in [4.69, 9.17) is 23.7 Å². The first-order chi connectivity index (χ1) is 13.8. The van der Waals surface area contributed by atoms with E-state index in [9.17, 15) is 5.11 Å². The Kier molecular flexibility index (Phi) is 3.20. The van der Waals surface area contributed by atoms with Crippen molar-refractivity contribution in [3.8, 4) is 40.0 Å². The van der Waals surface area contributed by atoms with Crippen LogP contribution in [-0.2, 0) is 19.6 Å². The van der Waals surface area contributed by atoms with Gasteiger partial charge in [0.2, 0.25) is 25.0 Å². The van der Waals surface area contributed by atoms with Gasteiger partial charge in [0.1, 0.15) is 0 Å². The molecule has 0 unspecified atom stereocenters. The Morgan fingerprint density at radius 3 is 2.61 bits per heavy atom. The molecule has 0 radical (unpaired) electrons. The number of nitrogens with zero attached hydrogens (tertiary/aromatic N) is 1. The number of pyridine rings is 1. The molecule has 7 heteroatoms. The number of hydrogen-bond acceptors (Lipinski definition) is 6. The zero-order chi connectivity index (χ0) is 18.8. The van der Waals surface area contributed by atoms with E-state index in [1.807, 2.05) is 12.1 Å². The molecule has 0 bridgehead atoms. The highest BCUT2D eigenvalue weighted by Crippen LogP contribution is 2.50. The van der Waals surface area contributed by atoms with Crippen LogP contribution in [0.4, 0.5) is 0 Å². The van der Waals surface area contributed by atoms with Gasteiger partial charge in [-0.25, -0.2) is 0 Å². The second-order valence-electron chi connectivity index (χ2n) is 7.03. The van der Waals surface area contributed by atoms with E-state index in [2.05, 4.69) is 16.8 Å². The molecule has 0 fully saturated rings. The molecule has 0 atom stereocenters. The van der Waals surface area contributed by atoms with Crippen molar-refractivity contribution >= 4 is 10.8 Å². The van der Waals surface area contributed by atoms with E-state index >= 15 is 0 Å². The van der Waals surface area contributed by atoms with E-state index in [0.717, 1.165) is 51.9 Å². The van der Waals surface area contributed by atoms with Crippen LogP contribution in [0.25, 0.3) is 22.0 Å². The smallest absolute Gasteiger partial charge is 0.231 e. The van der Waals surface area contributed by atoms with Crippen molar-refractivity contribution in [1.82, 2.24) is 0 Å². The molecule has 1 aromatic heterocycles. The Bertz CT molecular complexity index is 1160. The average Bonchev–Trinajstić information content (AvgIpc) is 3.37. The first-order valence-corrected chi connectivity index (χ1v) is 9.18. The monoisotopic (exact) mass is 380 g/mol. The molecule has 3 aromatic rings. The third-order valence-corrected chi connectivity index (χ3v) is 5.67. The number of ether oxygens (including phenoxy) is 5. The highest BCUT2D eigenvalue weighted by Gasteiger charge is 2.34. The average molecular weight is 380 g/mol. The van der Waals surface area contributed by atoms with Crippen molar-refractivity contribution in [2.45, 2.75) is 19.6 Å². The number of benzene rings is 2. The molecule has 28 heavy (non-hydrogen) atoms. The summed E-state index contributed by atoms with van der Waals surface area (Å²) in [6, 6.07) is 6.10. The Morgan fingerprint density at radius 1 is 1.04 bits per heavy atom. The fourth-order valence-electron chi connectivity index (χ4n) is 4.42. The zero-order valence-corrected chi connectivity index (χ0v) is 15.3. The second-order valence-corrected chi connectivity index (χ2v) is 7.03. The van der Waals surface area contributed by atoms with Gasteiger partial charge in [-0.05, 0) is 17.7 Å². The van der Waals surface area contributed by atoms with Gasteiger partial charge in [0, 0.05) is 23.4 Å². The predicted molar refractivity (Wildman–Crippen MR) is 98.0 cm³/mol. The second kappa shape index (κ2) is 5.65. The summed E-state index contributed by atoms with van der Waals surface area (Å²) in [6.45, 7) is 1.08. The zero-order valence-electron chi connectivity index (χ0n) is 15.3. The summed E-state index contributed by atoms with van der Waals surface area (Å²) in [7, 11) is 1.65. The Morgan fingerprint density at radius 2 is 1.82 bits per heavy atom. The number of fused-ring (bicyclic) bond motifs is 6. The number of hydrogen-bond donors (Lipinski definition) is 1. The lowest BCUT2D eigenvalue weighted by molar-refractivity contribution is -0.686. The summed E-state index contributed by atoms with van der Waals surface area (Å²) in [5.41, 5.74) is 3.91. The van der Waals surface area contributed by atoms with Crippen LogP contribution in [0.1, 0.15) is 11.1 Å². The number of methoxy groups -OCH3 is 1. The Balaban J connectivity index is 1.67. The molecule has 0 saturated heterocycles. The lowest BCUT2D eigenvalue weighted by Gasteiger charge is -2.20. The molecule has 142 valence electrons. The fourth-order valence-corrected chi connectivity index (χ4v) is 4.42. The minimum atomic E-state index is -0.127. The van der Waals surface area contributed by atoms with Gasteiger partial charge < -0.3 is 28.8 Å². The van der Waals surface area contributed by atoms with E-state index in [-0.39, 0.29) is 20.2 Å². The number of aliphatic hydroxyl groups excluding tert-OH is 1. The maximum atomic E-state index is 10.0. The highest BCUT2D eigenvalue weighted by atomic mass is 16.7. The quantitative estimate of drug-likeness (QED) is 0.688. The Hall–Kier alpha value is -3.19. The fraction of sp³-hybridized carbons (Fsp3) is 0.286. The molecule has 0 amide bonds. The topological polar surface area (TPSA) is 70.3 Å². The molecule has 0 aliphatic carbocycles. The molecule has 3 aliphatic heterocycles. The SMILES string of the molecule is COc1c2c(cc3c1-c1cc4c(CO)c5c(cc4c[n+]1CC3)OCO5)OCO2. The molecule has 3 aliphatic rings. The number of aliphatic hydroxyl groups is 1. The summed E-state index contributed by atoms with van der Waals surface area (Å²) >= 11 is 0. The van der Waals surface area contributed by atoms with E-state index in [0.29, 0.717) is 23.0 Å². The van der Waals surface area contributed by atoms with Gasteiger partial charge >= 0.3 is 0 Å². The van der Waals surface area contributed by atoms with E-state index < -0.39 is 0 Å². The first kappa shape index (κ1) is 15.8. The van der Waals surface area contributed by atoms with E-state index in [1.165, 1.54) is 0 Å². The van der Waals surface area contributed by atoms with Gasteiger partial charge in [-0.1, -0.05) is 0 Å². The van der Waals surface area contributed by atoms with Crippen LogP contribution in [0.2, 0.25) is 0 Å². The van der Waals surface area contributed by atoms with Crippen LogP contribution >= 0.6 is 0 Å². The number of aromatic nitrogens is 1. The molecular weight excluding hydrogens is 362 g/mol. The molecule has 7 nitrogen and oxygen atoms in total. The molecule has 2 aromatic carbocycles. The number of rotatable bonds is 2. The molecule has 4 heterocycles. The van der Waals surface area contributed by atoms with Gasteiger partial charge in [0.15, 0.2) is 35.7 Å². The largest absolute Gasteiger partial charge is 0.492 e. The van der Waals surface area contributed by atoms with Crippen LogP contribution in [0.5, 0.6) is 28.7 Å². The van der Waals surface area contributed by atoms with Gasteiger partial charge in [0.05, 0.1) is 24.7 Å². The third-order valence-electron chi connectivity index (χ3n) is 5.67. The Labute approximate surface area is 160 Å². The summed E-state index contributed by atoms with van der Waals surface area (Å²) in [5, 5.41) is 12.0. The maximum Gasteiger partial charge on any atom is 0.231 e. The van der Waals surface area contributed by atoms with Crippen LogP contribution in [-0.4, -0.2) is 25.8 Å². The summed E-state index contributed by atoms with van der Waals surface area (Å²) in [4.78, 5) is 0. The van der Waals surface area contributed by atoms with Crippen molar-refractivity contribution < 1.29 is 33.4 Å². The molecule has 0 saturated carbocycles. The van der Waals surface area contributed by atoms with Crippen molar-refractivity contribution in [2.24, 2.45) is 0 Å². The van der Waals surface area contributed by atoms with Gasteiger partial charge in [0.25, 0.3) is 0 Å². The van der Waals surface area contributed by atoms with Gasteiger partial charge in [-0.3, -0.25) is 0 Å². The predicted octanol–water partition coefficient (Wildman–Crippen LogP) is 2.31. The number of aryl methyl sites for hydroxylation is 2. The minimum absolute atomic E-state index is 0.127. The van der Waals surface area contributed by atoms with Crippen molar-refractivity contribution in [2.75, 3.05) is 20.7 Å². The lowest BCUT2D eigenvalue weighted by atomic mass is 9.93. The van der Waals surface area contributed by atoms with Crippen LogP contribution in [0.3, 0.4) is 0 Å². The lowest BCUT2D eigenvalue weighted by Crippen LogP contribution is -2.40. The molecule has 6 rings (SSSR count). The normalized spacial score (nSPS) is 15.5. The van der Waals surface area contributed by atoms with Crippen molar-refractivity contribution in [3.05, 3.63) is 35.5 Å². The van der Waals surface area contributed by atoms with Gasteiger partial charge in [-0.2, -0.15) is 4.57 Å². The van der Waals surface area contributed by atoms with Crippen molar-refractivity contribution in [3.63, 3.8) is 0 Å². The van der Waals surface area contributed by atoms with Crippen molar-refractivity contribution in [1.29, 1.82) is 0 Å². The maximum absolute atomic E-state index is 10.0. The van der Waals surface area contributed by atoms with Gasteiger partial charge in [-0.15, -0.1) is 0 Å². The van der Waals surface area contributed by atoms with Crippen LogP contribution < -0.4 is 28.3 Å². The van der Waals surface area contributed by atoms with Crippen LogP contribution in [0.15, 0.2) is 24.4 Å². The third kappa shape index (κ3) is 1.99.